The Hall–Kier alpha value is -4.45. The molecule has 1 aliphatic heterocycles. The SMILES string of the molecule is CNC(=O)c1cc(C(=O)Nc2ncccc2C)c(C)cc1OC(CN1CCN(C(=O)OC(C)(C)C)[C@H](C)C1)c1ccn(C2CC2)n1. The lowest BCUT2D eigenvalue weighted by molar-refractivity contribution is -0.00319. The number of ether oxygens (including phenoxy) is 2. The van der Waals surface area contributed by atoms with Gasteiger partial charge < -0.3 is 25.0 Å². The fraction of sp³-hybridized carbons (Fsp3) is 0.500. The van der Waals surface area contributed by atoms with Gasteiger partial charge in [-0.15, -0.1) is 0 Å². The molecule has 2 atom stereocenters. The summed E-state index contributed by atoms with van der Waals surface area (Å²) in [5.41, 5.74) is 2.25. The highest BCUT2D eigenvalue weighted by atomic mass is 16.6. The number of benzene rings is 1. The van der Waals surface area contributed by atoms with E-state index in [4.69, 9.17) is 14.6 Å². The first-order chi connectivity index (χ1) is 21.8. The number of nitrogens with zero attached hydrogens (tertiary/aromatic N) is 5. The van der Waals surface area contributed by atoms with Crippen molar-refractivity contribution in [3.05, 3.63) is 70.7 Å². The Bertz CT molecular complexity index is 1590. The standard InChI is InChI=1S/C34H45N7O5/c1-21-9-8-13-36-30(21)37-32(43)25-18-26(31(42)35-7)28(17-22(25)2)45-29(27-12-14-41(38-27)24-10-11-24)20-39-15-16-40(23(3)19-39)33(44)46-34(4,5)6/h8-9,12-14,17-18,23-24,29H,10-11,15-16,19-20H2,1-7H3,(H,35,42)(H,36,37,43)/t23-,29?/m1/s1. The number of piperazine rings is 1. The van der Waals surface area contributed by atoms with E-state index in [0.29, 0.717) is 54.9 Å². The Kier molecular flexibility index (Phi) is 9.66. The molecule has 0 bridgehead atoms. The molecule has 246 valence electrons. The van der Waals surface area contributed by atoms with Gasteiger partial charge in [0.05, 0.1) is 11.6 Å². The lowest BCUT2D eigenvalue weighted by Gasteiger charge is -2.41. The van der Waals surface area contributed by atoms with E-state index in [1.165, 1.54) is 0 Å². The molecule has 2 aromatic heterocycles. The van der Waals surface area contributed by atoms with Crippen molar-refractivity contribution in [1.29, 1.82) is 0 Å². The number of pyridine rings is 1. The second-order valence-corrected chi connectivity index (χ2v) is 13.2. The topological polar surface area (TPSA) is 131 Å². The van der Waals surface area contributed by atoms with Gasteiger partial charge in [-0.25, -0.2) is 9.78 Å². The number of nitrogens with one attached hydrogen (secondary N) is 2. The zero-order valence-electron chi connectivity index (χ0n) is 27.8. The van der Waals surface area contributed by atoms with Gasteiger partial charge in [0.2, 0.25) is 0 Å². The summed E-state index contributed by atoms with van der Waals surface area (Å²) in [5.74, 6) is 0.0716. The first-order valence-electron chi connectivity index (χ1n) is 15.9. The van der Waals surface area contributed by atoms with Crippen LogP contribution in [0.2, 0.25) is 0 Å². The van der Waals surface area contributed by atoms with Crippen LogP contribution in [-0.4, -0.2) is 87.3 Å². The van der Waals surface area contributed by atoms with Crippen molar-refractivity contribution >= 4 is 23.7 Å². The molecule has 0 radical (unpaired) electrons. The number of rotatable bonds is 9. The van der Waals surface area contributed by atoms with Crippen molar-refractivity contribution in [2.75, 3.05) is 38.5 Å². The quantitative estimate of drug-likeness (QED) is 0.341. The third-order valence-electron chi connectivity index (χ3n) is 8.20. The maximum absolute atomic E-state index is 13.3. The lowest BCUT2D eigenvalue weighted by Crippen LogP contribution is -2.55. The minimum Gasteiger partial charge on any atom is -0.482 e. The largest absolute Gasteiger partial charge is 0.482 e. The monoisotopic (exact) mass is 631 g/mol. The van der Waals surface area contributed by atoms with Crippen LogP contribution in [-0.2, 0) is 4.74 Å². The van der Waals surface area contributed by atoms with Gasteiger partial charge in [0.25, 0.3) is 11.8 Å². The van der Waals surface area contributed by atoms with E-state index in [-0.39, 0.29) is 29.5 Å². The summed E-state index contributed by atoms with van der Waals surface area (Å²) in [7, 11) is 1.54. The first-order valence-corrected chi connectivity index (χ1v) is 15.9. The van der Waals surface area contributed by atoms with Gasteiger partial charge >= 0.3 is 6.09 Å². The summed E-state index contributed by atoms with van der Waals surface area (Å²) in [4.78, 5) is 47.6. The summed E-state index contributed by atoms with van der Waals surface area (Å²) >= 11 is 0. The molecule has 12 heteroatoms. The molecule has 2 fully saturated rings. The van der Waals surface area contributed by atoms with Crippen molar-refractivity contribution < 1.29 is 23.9 Å². The average Bonchev–Trinajstić information content (AvgIpc) is 3.72. The third-order valence-corrected chi connectivity index (χ3v) is 8.20. The normalized spacial score (nSPS) is 17.7. The van der Waals surface area contributed by atoms with Gasteiger partial charge in [0.15, 0.2) is 6.10 Å². The molecule has 3 aromatic rings. The van der Waals surface area contributed by atoms with Gasteiger partial charge in [-0.1, -0.05) is 6.07 Å². The molecule has 2 N–H and O–H groups in total. The molecule has 3 heterocycles. The smallest absolute Gasteiger partial charge is 0.410 e. The second kappa shape index (κ2) is 13.5. The minimum absolute atomic E-state index is 0.0718. The van der Waals surface area contributed by atoms with E-state index in [1.54, 1.807) is 36.3 Å². The van der Waals surface area contributed by atoms with Gasteiger partial charge in [-0.05, 0) is 89.8 Å². The summed E-state index contributed by atoms with van der Waals surface area (Å²) in [6.07, 6.45) is 4.95. The number of hydrogen-bond acceptors (Lipinski definition) is 8. The van der Waals surface area contributed by atoms with E-state index in [2.05, 4.69) is 20.5 Å². The van der Waals surface area contributed by atoms with Gasteiger partial charge in [0, 0.05) is 57.2 Å². The number of carbonyl (C=O) groups is 3. The molecule has 2 aliphatic rings. The average molecular weight is 632 g/mol. The summed E-state index contributed by atoms with van der Waals surface area (Å²) in [6.45, 7) is 13.5. The number of aryl methyl sites for hydroxylation is 2. The van der Waals surface area contributed by atoms with Crippen LogP contribution >= 0.6 is 0 Å². The van der Waals surface area contributed by atoms with Crippen molar-refractivity contribution in [3.8, 4) is 5.75 Å². The number of hydrogen-bond donors (Lipinski definition) is 2. The van der Waals surface area contributed by atoms with Crippen molar-refractivity contribution in [3.63, 3.8) is 0 Å². The molecule has 12 nitrogen and oxygen atoms in total. The van der Waals surface area contributed by atoms with E-state index in [1.807, 2.05) is 64.6 Å². The number of aromatic nitrogens is 3. The summed E-state index contributed by atoms with van der Waals surface area (Å²) in [5, 5.41) is 10.4. The summed E-state index contributed by atoms with van der Waals surface area (Å²) < 4.78 is 14.3. The van der Waals surface area contributed by atoms with E-state index in [9.17, 15) is 14.4 Å². The predicted octanol–water partition coefficient (Wildman–Crippen LogP) is 4.90. The van der Waals surface area contributed by atoms with Crippen LogP contribution in [0.5, 0.6) is 5.75 Å². The van der Waals surface area contributed by atoms with Gasteiger partial charge in [0.1, 0.15) is 22.9 Å². The molecule has 1 aliphatic carbocycles. The van der Waals surface area contributed by atoms with Crippen LogP contribution in [0.15, 0.2) is 42.7 Å². The van der Waals surface area contributed by atoms with Crippen LogP contribution in [0.25, 0.3) is 0 Å². The first kappa shape index (κ1) is 32.9. The number of carbonyl (C=O) groups excluding carboxylic acids is 3. The molecule has 46 heavy (non-hydrogen) atoms. The Labute approximate surface area is 270 Å². The van der Waals surface area contributed by atoms with Crippen LogP contribution in [0.1, 0.15) is 90.2 Å². The highest BCUT2D eigenvalue weighted by Crippen LogP contribution is 2.35. The Morgan fingerprint density at radius 2 is 1.80 bits per heavy atom. The molecule has 1 aromatic carbocycles. The fourth-order valence-corrected chi connectivity index (χ4v) is 5.56. The molecule has 3 amide bonds. The maximum atomic E-state index is 13.3. The van der Waals surface area contributed by atoms with Crippen molar-refractivity contribution in [1.82, 2.24) is 29.9 Å². The maximum Gasteiger partial charge on any atom is 0.410 e. The lowest BCUT2D eigenvalue weighted by atomic mass is 10.0. The van der Waals surface area contributed by atoms with Gasteiger partial charge in [-0.2, -0.15) is 5.10 Å². The zero-order chi connectivity index (χ0) is 33.2. The predicted molar refractivity (Wildman–Crippen MR) is 174 cm³/mol. The molecule has 1 unspecified atom stereocenters. The van der Waals surface area contributed by atoms with Crippen LogP contribution in [0.3, 0.4) is 0 Å². The molecule has 5 rings (SSSR count). The van der Waals surface area contributed by atoms with E-state index >= 15 is 0 Å². The van der Waals surface area contributed by atoms with Crippen LogP contribution in [0, 0.1) is 13.8 Å². The molecule has 1 saturated heterocycles. The third kappa shape index (κ3) is 7.85. The summed E-state index contributed by atoms with van der Waals surface area (Å²) in [6, 6.07) is 9.26. The van der Waals surface area contributed by atoms with Gasteiger partial charge in [-0.3, -0.25) is 19.2 Å². The zero-order valence-corrected chi connectivity index (χ0v) is 27.8. The van der Waals surface area contributed by atoms with Crippen molar-refractivity contribution in [2.24, 2.45) is 0 Å². The minimum atomic E-state index is -0.568. The second-order valence-electron chi connectivity index (χ2n) is 13.2. The number of amides is 3. The van der Waals surface area contributed by atoms with Crippen molar-refractivity contribution in [2.45, 2.75) is 78.2 Å². The van der Waals surface area contributed by atoms with Crippen LogP contribution in [0.4, 0.5) is 10.6 Å². The van der Waals surface area contributed by atoms with Crippen LogP contribution < -0.4 is 15.4 Å². The molecular weight excluding hydrogens is 586 g/mol. The highest BCUT2D eigenvalue weighted by molar-refractivity contribution is 6.07. The molecular formula is C34H45N7O5. The van der Waals surface area contributed by atoms with E-state index < -0.39 is 11.7 Å². The fourth-order valence-electron chi connectivity index (χ4n) is 5.56. The number of anilines is 1. The Morgan fingerprint density at radius 3 is 2.46 bits per heavy atom. The van der Waals surface area contributed by atoms with E-state index in [0.717, 1.165) is 24.1 Å². The highest BCUT2D eigenvalue weighted by Gasteiger charge is 2.34. The molecule has 0 spiro atoms. The molecule has 1 saturated carbocycles. The Balaban J connectivity index is 1.40. The Morgan fingerprint density at radius 1 is 1.04 bits per heavy atom.